The molecule has 136 valence electrons. The highest BCUT2D eigenvalue weighted by molar-refractivity contribution is 7.16. The highest BCUT2D eigenvalue weighted by Crippen LogP contribution is 2.23. The van der Waals surface area contributed by atoms with E-state index in [2.05, 4.69) is 29.0 Å². The predicted octanol–water partition coefficient (Wildman–Crippen LogP) is 3.47. The van der Waals surface area contributed by atoms with Crippen LogP contribution in [0.3, 0.4) is 0 Å². The third kappa shape index (κ3) is 3.35. The molecule has 0 bridgehead atoms. The number of thiazole rings is 1. The van der Waals surface area contributed by atoms with Gasteiger partial charge >= 0.3 is 0 Å². The first-order valence-corrected chi connectivity index (χ1v) is 9.41. The maximum atomic E-state index is 12.6. The lowest BCUT2D eigenvalue weighted by molar-refractivity contribution is 0.102. The van der Waals surface area contributed by atoms with Gasteiger partial charge in [-0.2, -0.15) is 0 Å². The van der Waals surface area contributed by atoms with Crippen LogP contribution < -0.4 is 15.8 Å². The number of rotatable bonds is 5. The minimum absolute atomic E-state index is 0.0347. The van der Waals surface area contributed by atoms with Crippen molar-refractivity contribution in [1.82, 2.24) is 9.38 Å². The fourth-order valence-electron chi connectivity index (χ4n) is 2.91. The standard InChI is InChI=1S/C19H22N4O2S/c1-5-22(6-2)14-7-8-16(12(3)9-14)21-17(24)15-10-20-19-23(18(15)25)11-13(4)26-19/h7-11H,5-6H2,1-4H3,(H,21,24). The molecule has 0 fully saturated rings. The molecular weight excluding hydrogens is 348 g/mol. The van der Waals surface area contributed by atoms with Crippen molar-refractivity contribution in [2.45, 2.75) is 27.7 Å². The minimum Gasteiger partial charge on any atom is -0.372 e. The molecule has 3 aromatic rings. The molecule has 0 radical (unpaired) electrons. The van der Waals surface area contributed by atoms with Crippen LogP contribution in [0.25, 0.3) is 4.96 Å². The Bertz CT molecular complexity index is 1020. The van der Waals surface area contributed by atoms with Crippen LogP contribution in [0, 0.1) is 13.8 Å². The monoisotopic (exact) mass is 370 g/mol. The maximum absolute atomic E-state index is 12.6. The summed E-state index contributed by atoms with van der Waals surface area (Å²) in [5, 5.41) is 2.83. The second-order valence-electron chi connectivity index (χ2n) is 6.10. The van der Waals surface area contributed by atoms with E-state index in [0.29, 0.717) is 10.6 Å². The second-order valence-corrected chi connectivity index (χ2v) is 7.31. The number of hydrogen-bond acceptors (Lipinski definition) is 5. The van der Waals surface area contributed by atoms with Crippen molar-refractivity contribution in [3.63, 3.8) is 0 Å². The molecular formula is C19H22N4O2S. The van der Waals surface area contributed by atoms with Crippen molar-refractivity contribution < 1.29 is 4.79 Å². The third-order valence-electron chi connectivity index (χ3n) is 4.35. The van der Waals surface area contributed by atoms with Crippen molar-refractivity contribution >= 4 is 33.6 Å². The highest BCUT2D eigenvalue weighted by atomic mass is 32.1. The summed E-state index contributed by atoms with van der Waals surface area (Å²) in [6.07, 6.45) is 3.05. The molecule has 0 aliphatic rings. The first kappa shape index (κ1) is 18.1. The predicted molar refractivity (Wildman–Crippen MR) is 107 cm³/mol. The van der Waals surface area contributed by atoms with Gasteiger partial charge in [-0.3, -0.25) is 14.0 Å². The van der Waals surface area contributed by atoms with Crippen LogP contribution in [-0.4, -0.2) is 28.4 Å². The molecule has 0 saturated heterocycles. The lowest BCUT2D eigenvalue weighted by atomic mass is 10.1. The fraction of sp³-hybridized carbons (Fsp3) is 0.316. The average molecular weight is 370 g/mol. The Morgan fingerprint density at radius 2 is 2.00 bits per heavy atom. The Labute approximate surface area is 156 Å². The SMILES string of the molecule is CCN(CC)c1ccc(NC(=O)c2cnc3sc(C)cn3c2=O)c(C)c1. The summed E-state index contributed by atoms with van der Waals surface area (Å²) >= 11 is 1.42. The van der Waals surface area contributed by atoms with Gasteiger partial charge in [0.05, 0.1) is 0 Å². The van der Waals surface area contributed by atoms with Gasteiger partial charge in [0.1, 0.15) is 5.56 Å². The molecule has 6 nitrogen and oxygen atoms in total. The number of amides is 1. The van der Waals surface area contributed by atoms with E-state index in [9.17, 15) is 9.59 Å². The number of fused-ring (bicyclic) bond motifs is 1. The third-order valence-corrected chi connectivity index (χ3v) is 5.27. The second kappa shape index (κ2) is 7.29. The van der Waals surface area contributed by atoms with Gasteiger partial charge in [0, 0.05) is 41.7 Å². The van der Waals surface area contributed by atoms with E-state index in [1.165, 1.54) is 21.9 Å². The van der Waals surface area contributed by atoms with Crippen molar-refractivity contribution in [2.24, 2.45) is 0 Å². The molecule has 3 rings (SSSR count). The van der Waals surface area contributed by atoms with Crippen LogP contribution in [-0.2, 0) is 0 Å². The van der Waals surface area contributed by atoms with Crippen molar-refractivity contribution in [3.05, 3.63) is 57.0 Å². The van der Waals surface area contributed by atoms with Crippen LogP contribution in [0.2, 0.25) is 0 Å². The molecule has 0 atom stereocenters. The maximum Gasteiger partial charge on any atom is 0.271 e. The van der Waals surface area contributed by atoms with Gasteiger partial charge in [-0.15, -0.1) is 11.3 Å². The number of anilines is 2. The zero-order valence-electron chi connectivity index (χ0n) is 15.4. The Hall–Kier alpha value is -2.67. The Morgan fingerprint density at radius 1 is 1.27 bits per heavy atom. The summed E-state index contributed by atoms with van der Waals surface area (Å²) in [4.78, 5) is 33.2. The molecule has 2 heterocycles. The van der Waals surface area contributed by atoms with Gasteiger partial charge in [0.2, 0.25) is 0 Å². The zero-order valence-corrected chi connectivity index (χ0v) is 16.2. The molecule has 1 amide bonds. The van der Waals surface area contributed by atoms with Crippen LogP contribution in [0.1, 0.15) is 34.6 Å². The largest absolute Gasteiger partial charge is 0.372 e. The van der Waals surface area contributed by atoms with Crippen molar-refractivity contribution in [2.75, 3.05) is 23.3 Å². The topological polar surface area (TPSA) is 66.7 Å². The number of benzene rings is 1. The lowest BCUT2D eigenvalue weighted by Crippen LogP contribution is -2.26. The molecule has 2 aromatic heterocycles. The first-order chi connectivity index (χ1) is 12.4. The molecule has 0 unspecified atom stereocenters. The molecule has 0 aliphatic heterocycles. The number of hydrogen-bond donors (Lipinski definition) is 1. The van der Waals surface area contributed by atoms with Gasteiger partial charge in [-0.1, -0.05) is 0 Å². The normalized spacial score (nSPS) is 10.9. The molecule has 1 aromatic carbocycles. The van der Waals surface area contributed by atoms with Crippen molar-refractivity contribution in [3.8, 4) is 0 Å². The summed E-state index contributed by atoms with van der Waals surface area (Å²) in [5.41, 5.74) is 2.43. The van der Waals surface area contributed by atoms with Crippen LogP contribution in [0.5, 0.6) is 0 Å². The van der Waals surface area contributed by atoms with Crippen LogP contribution in [0.4, 0.5) is 11.4 Å². The van der Waals surface area contributed by atoms with Crippen LogP contribution in [0.15, 0.2) is 35.4 Å². The number of nitrogens with one attached hydrogen (secondary N) is 1. The molecule has 1 N–H and O–H groups in total. The molecule has 7 heteroatoms. The van der Waals surface area contributed by atoms with E-state index in [0.717, 1.165) is 29.2 Å². The Kier molecular flexibility index (Phi) is 5.08. The number of nitrogens with zero attached hydrogens (tertiary/aromatic N) is 3. The van der Waals surface area contributed by atoms with E-state index in [1.807, 2.05) is 32.0 Å². The summed E-state index contributed by atoms with van der Waals surface area (Å²) in [5.74, 6) is -0.445. The van der Waals surface area contributed by atoms with Crippen molar-refractivity contribution in [1.29, 1.82) is 0 Å². The zero-order chi connectivity index (χ0) is 18.8. The smallest absolute Gasteiger partial charge is 0.271 e. The summed E-state index contributed by atoms with van der Waals surface area (Å²) < 4.78 is 1.42. The van der Waals surface area contributed by atoms with E-state index < -0.39 is 5.91 Å². The molecule has 0 aliphatic carbocycles. The fourth-order valence-corrected chi connectivity index (χ4v) is 3.70. The summed E-state index contributed by atoms with van der Waals surface area (Å²) in [6, 6.07) is 5.89. The average Bonchev–Trinajstić information content (AvgIpc) is 3.00. The van der Waals surface area contributed by atoms with Crippen LogP contribution >= 0.6 is 11.3 Å². The number of aromatic nitrogens is 2. The van der Waals surface area contributed by atoms with E-state index in [-0.39, 0.29) is 11.1 Å². The van der Waals surface area contributed by atoms with Gasteiger partial charge in [0.25, 0.3) is 11.5 Å². The Balaban J connectivity index is 1.88. The summed E-state index contributed by atoms with van der Waals surface area (Å²) in [7, 11) is 0. The highest BCUT2D eigenvalue weighted by Gasteiger charge is 2.16. The van der Waals surface area contributed by atoms with Gasteiger partial charge < -0.3 is 10.2 Å². The number of aryl methyl sites for hydroxylation is 2. The summed E-state index contributed by atoms with van der Waals surface area (Å²) in [6.45, 7) is 9.90. The minimum atomic E-state index is -0.445. The van der Waals surface area contributed by atoms with Gasteiger partial charge in [0.15, 0.2) is 4.96 Å². The quantitative estimate of drug-likeness (QED) is 0.747. The lowest BCUT2D eigenvalue weighted by Gasteiger charge is -2.22. The van der Waals surface area contributed by atoms with E-state index >= 15 is 0 Å². The van der Waals surface area contributed by atoms with Gasteiger partial charge in [-0.25, -0.2) is 4.98 Å². The van der Waals surface area contributed by atoms with E-state index in [4.69, 9.17) is 0 Å². The molecule has 0 spiro atoms. The number of carbonyl (C=O) groups is 1. The first-order valence-electron chi connectivity index (χ1n) is 8.59. The Morgan fingerprint density at radius 3 is 2.65 bits per heavy atom. The molecule has 0 saturated carbocycles. The van der Waals surface area contributed by atoms with E-state index in [1.54, 1.807) is 6.20 Å². The number of carbonyl (C=O) groups excluding carboxylic acids is 1. The molecule has 26 heavy (non-hydrogen) atoms. The van der Waals surface area contributed by atoms with Gasteiger partial charge in [-0.05, 0) is 51.5 Å².